The van der Waals surface area contributed by atoms with Crippen LogP contribution in [0.15, 0.2) is 30.3 Å². The second-order valence-electron chi connectivity index (χ2n) is 5.24. The summed E-state index contributed by atoms with van der Waals surface area (Å²) >= 11 is 0. The fourth-order valence-corrected chi connectivity index (χ4v) is 2.24. The number of rotatable bonds is 5. The van der Waals surface area contributed by atoms with Crippen molar-refractivity contribution < 1.29 is 14.4 Å². The maximum Gasteiger partial charge on any atom is 0.325 e. The highest BCUT2D eigenvalue weighted by molar-refractivity contribution is 6.07. The average Bonchev–Trinajstić information content (AvgIpc) is 2.70. The minimum atomic E-state index is -0.957. The van der Waals surface area contributed by atoms with E-state index in [1.165, 1.54) is 4.90 Å². The summed E-state index contributed by atoms with van der Waals surface area (Å²) in [7, 11) is 0. The molecule has 6 heteroatoms. The maximum absolute atomic E-state index is 12.0. The number of hydrogen-bond acceptors (Lipinski definition) is 3. The first-order chi connectivity index (χ1) is 9.97. The second kappa shape index (κ2) is 5.95. The van der Waals surface area contributed by atoms with Gasteiger partial charge in [-0.3, -0.25) is 14.9 Å². The molecule has 6 nitrogen and oxygen atoms in total. The molecule has 0 aromatic heterocycles. The summed E-state index contributed by atoms with van der Waals surface area (Å²) in [6.45, 7) is 3.74. The van der Waals surface area contributed by atoms with Crippen molar-refractivity contribution in [3.05, 3.63) is 35.9 Å². The van der Waals surface area contributed by atoms with Gasteiger partial charge in [0.1, 0.15) is 12.1 Å². The Morgan fingerprint density at radius 1 is 1.29 bits per heavy atom. The van der Waals surface area contributed by atoms with E-state index in [2.05, 4.69) is 10.6 Å². The van der Waals surface area contributed by atoms with Crippen molar-refractivity contribution in [3.63, 3.8) is 0 Å². The molecule has 1 aliphatic heterocycles. The van der Waals surface area contributed by atoms with Crippen molar-refractivity contribution in [1.29, 1.82) is 0 Å². The van der Waals surface area contributed by atoms with Gasteiger partial charge in [0.15, 0.2) is 0 Å². The van der Waals surface area contributed by atoms with E-state index in [-0.39, 0.29) is 18.4 Å². The first-order valence-electron chi connectivity index (χ1n) is 6.91. The number of carbonyl (C=O) groups excluding carboxylic acids is 3. The molecule has 2 rings (SSSR count). The van der Waals surface area contributed by atoms with Gasteiger partial charge in [-0.2, -0.15) is 0 Å². The molecule has 1 saturated heterocycles. The fourth-order valence-electron chi connectivity index (χ4n) is 2.24. The molecule has 0 bridgehead atoms. The summed E-state index contributed by atoms with van der Waals surface area (Å²) in [6.07, 6.45) is 0.455. The third-order valence-corrected chi connectivity index (χ3v) is 3.87. The molecule has 0 aliphatic carbocycles. The Hall–Kier alpha value is -2.37. The molecule has 0 spiro atoms. The predicted octanol–water partition coefficient (Wildman–Crippen LogP) is 1.02. The molecule has 1 aromatic carbocycles. The van der Waals surface area contributed by atoms with Gasteiger partial charge in [0.25, 0.3) is 5.91 Å². The monoisotopic (exact) mass is 289 g/mol. The van der Waals surface area contributed by atoms with E-state index in [1.807, 2.05) is 37.3 Å². The van der Waals surface area contributed by atoms with E-state index >= 15 is 0 Å². The summed E-state index contributed by atoms with van der Waals surface area (Å²) < 4.78 is 0. The summed E-state index contributed by atoms with van der Waals surface area (Å²) in [4.78, 5) is 36.9. The van der Waals surface area contributed by atoms with Crippen LogP contribution in [0.5, 0.6) is 0 Å². The Morgan fingerprint density at radius 3 is 2.57 bits per heavy atom. The zero-order valence-electron chi connectivity index (χ0n) is 12.2. The lowest BCUT2D eigenvalue weighted by Crippen LogP contribution is -2.50. The van der Waals surface area contributed by atoms with Crippen LogP contribution in [0.1, 0.15) is 25.8 Å². The number of amides is 4. The molecular formula is C15H19N3O3. The Morgan fingerprint density at radius 2 is 1.95 bits per heavy atom. The smallest absolute Gasteiger partial charge is 0.325 e. The summed E-state index contributed by atoms with van der Waals surface area (Å²) in [6, 6.07) is 8.98. The van der Waals surface area contributed by atoms with Gasteiger partial charge in [0, 0.05) is 6.54 Å². The van der Waals surface area contributed by atoms with Gasteiger partial charge in [0.2, 0.25) is 5.91 Å². The molecule has 1 heterocycles. The molecule has 1 aliphatic rings. The minimum absolute atomic E-state index is 0.130. The lowest BCUT2D eigenvalue weighted by Gasteiger charge is -2.30. The molecule has 112 valence electrons. The molecular weight excluding hydrogens is 270 g/mol. The van der Waals surface area contributed by atoms with Crippen LogP contribution in [0.2, 0.25) is 0 Å². The molecule has 1 fully saturated rings. The number of nitrogens with zero attached hydrogens (tertiary/aromatic N) is 1. The maximum atomic E-state index is 12.0. The Kier molecular flexibility index (Phi) is 4.26. The average molecular weight is 289 g/mol. The normalized spacial score (nSPS) is 21.3. The van der Waals surface area contributed by atoms with Gasteiger partial charge in [-0.05, 0) is 18.9 Å². The van der Waals surface area contributed by atoms with Crippen LogP contribution in [0.4, 0.5) is 4.79 Å². The molecule has 0 saturated carbocycles. The van der Waals surface area contributed by atoms with Crippen LogP contribution in [-0.4, -0.2) is 34.8 Å². The van der Waals surface area contributed by atoms with Gasteiger partial charge < -0.3 is 10.2 Å². The van der Waals surface area contributed by atoms with Crippen molar-refractivity contribution in [2.75, 3.05) is 6.54 Å². The third-order valence-electron chi connectivity index (χ3n) is 3.87. The first kappa shape index (κ1) is 15.0. The van der Waals surface area contributed by atoms with E-state index in [0.29, 0.717) is 13.0 Å². The number of hydrogen-bond donors (Lipinski definition) is 2. The van der Waals surface area contributed by atoms with Crippen LogP contribution in [0, 0.1) is 0 Å². The van der Waals surface area contributed by atoms with Gasteiger partial charge in [-0.1, -0.05) is 37.3 Å². The predicted molar refractivity (Wildman–Crippen MR) is 77.2 cm³/mol. The lowest BCUT2D eigenvalue weighted by molar-refractivity contribution is -0.128. The van der Waals surface area contributed by atoms with E-state index in [1.54, 1.807) is 6.92 Å². The lowest BCUT2D eigenvalue weighted by atomic mass is 9.97. The summed E-state index contributed by atoms with van der Waals surface area (Å²) in [5.41, 5.74) is 0.0207. The van der Waals surface area contributed by atoms with E-state index in [0.717, 1.165) is 5.56 Å². The second-order valence-corrected chi connectivity index (χ2v) is 5.24. The molecule has 1 aromatic rings. The SMILES string of the molecule is CCC1(C)C(=O)NC(=O)N1CC(=O)NCc1ccccc1. The van der Waals surface area contributed by atoms with Crippen LogP contribution in [-0.2, 0) is 16.1 Å². The topological polar surface area (TPSA) is 78.5 Å². The summed E-state index contributed by atoms with van der Waals surface area (Å²) in [5, 5.41) is 5.01. The highest BCUT2D eigenvalue weighted by Crippen LogP contribution is 2.24. The minimum Gasteiger partial charge on any atom is -0.350 e. The molecule has 0 radical (unpaired) electrons. The van der Waals surface area contributed by atoms with Gasteiger partial charge >= 0.3 is 6.03 Å². The van der Waals surface area contributed by atoms with Crippen molar-refractivity contribution >= 4 is 17.8 Å². The highest BCUT2D eigenvalue weighted by Gasteiger charge is 2.48. The van der Waals surface area contributed by atoms with E-state index in [4.69, 9.17) is 0 Å². The molecule has 2 N–H and O–H groups in total. The number of urea groups is 1. The number of nitrogens with one attached hydrogen (secondary N) is 2. The largest absolute Gasteiger partial charge is 0.350 e. The molecule has 1 atom stereocenters. The van der Waals surface area contributed by atoms with Crippen molar-refractivity contribution in [1.82, 2.24) is 15.5 Å². The van der Waals surface area contributed by atoms with Crippen LogP contribution >= 0.6 is 0 Å². The van der Waals surface area contributed by atoms with Gasteiger partial charge in [0.05, 0.1) is 0 Å². The zero-order chi connectivity index (χ0) is 15.5. The summed E-state index contributed by atoms with van der Waals surface area (Å²) in [5.74, 6) is -0.644. The Balaban J connectivity index is 1.96. The third kappa shape index (κ3) is 3.04. The standard InChI is InChI=1S/C15H19N3O3/c1-3-15(2)13(20)17-14(21)18(15)10-12(19)16-9-11-7-5-4-6-8-11/h4-8H,3,9-10H2,1-2H3,(H,16,19)(H,17,20,21). The van der Waals surface area contributed by atoms with Crippen LogP contribution in [0.3, 0.4) is 0 Å². The Bertz CT molecular complexity index is 559. The van der Waals surface area contributed by atoms with Crippen LogP contribution < -0.4 is 10.6 Å². The number of imide groups is 1. The van der Waals surface area contributed by atoms with Crippen molar-refractivity contribution in [2.45, 2.75) is 32.4 Å². The van der Waals surface area contributed by atoms with Crippen LogP contribution in [0.25, 0.3) is 0 Å². The number of carbonyl (C=O) groups is 3. The number of benzene rings is 1. The Labute approximate surface area is 123 Å². The molecule has 1 unspecified atom stereocenters. The molecule has 21 heavy (non-hydrogen) atoms. The highest BCUT2D eigenvalue weighted by atomic mass is 16.2. The van der Waals surface area contributed by atoms with E-state index < -0.39 is 11.6 Å². The zero-order valence-corrected chi connectivity index (χ0v) is 12.2. The van der Waals surface area contributed by atoms with Crippen molar-refractivity contribution in [2.24, 2.45) is 0 Å². The first-order valence-corrected chi connectivity index (χ1v) is 6.91. The quantitative estimate of drug-likeness (QED) is 0.794. The van der Waals surface area contributed by atoms with E-state index in [9.17, 15) is 14.4 Å². The van der Waals surface area contributed by atoms with Gasteiger partial charge in [-0.15, -0.1) is 0 Å². The van der Waals surface area contributed by atoms with Gasteiger partial charge in [-0.25, -0.2) is 4.79 Å². The molecule has 4 amide bonds. The van der Waals surface area contributed by atoms with Crippen molar-refractivity contribution in [3.8, 4) is 0 Å². The fraction of sp³-hybridized carbons (Fsp3) is 0.400.